The van der Waals surface area contributed by atoms with Crippen molar-refractivity contribution in [1.82, 2.24) is 15.3 Å². The van der Waals surface area contributed by atoms with Crippen LogP contribution in [0.1, 0.15) is 35.7 Å². The Labute approximate surface area is 108 Å². The molecule has 6 nitrogen and oxygen atoms in total. The summed E-state index contributed by atoms with van der Waals surface area (Å²) >= 11 is 1.72. The van der Waals surface area contributed by atoms with E-state index in [-0.39, 0.29) is 0 Å². The summed E-state index contributed by atoms with van der Waals surface area (Å²) in [7, 11) is 0. The molecule has 0 spiro atoms. The van der Waals surface area contributed by atoms with E-state index in [9.17, 15) is 0 Å². The highest BCUT2D eigenvalue weighted by molar-refractivity contribution is 7.98. The zero-order chi connectivity index (χ0) is 13.0. The predicted molar refractivity (Wildman–Crippen MR) is 64.9 cm³/mol. The van der Waals surface area contributed by atoms with Gasteiger partial charge in [0.2, 0.25) is 5.89 Å². The maximum atomic E-state index is 8.97. The fourth-order valence-electron chi connectivity index (χ4n) is 1.44. The standard InChI is InChI=1S/C11H12N4O2S/c1-3-18-6-10-13-11(17-15-10)4-9-8(5-12)7(2)16-14-9/h3-4,6H2,1-2H3. The third-order valence-corrected chi connectivity index (χ3v) is 3.18. The lowest BCUT2D eigenvalue weighted by Gasteiger charge is -1.89. The van der Waals surface area contributed by atoms with Crippen molar-refractivity contribution in [1.29, 1.82) is 5.26 Å². The molecule has 2 aromatic rings. The van der Waals surface area contributed by atoms with E-state index in [1.165, 1.54) is 0 Å². The smallest absolute Gasteiger partial charge is 0.232 e. The number of aryl methyl sites for hydroxylation is 1. The van der Waals surface area contributed by atoms with E-state index in [0.29, 0.717) is 35.2 Å². The van der Waals surface area contributed by atoms with Gasteiger partial charge >= 0.3 is 0 Å². The second kappa shape index (κ2) is 5.69. The number of nitrogens with zero attached hydrogens (tertiary/aromatic N) is 4. The van der Waals surface area contributed by atoms with Crippen LogP contribution in [0.25, 0.3) is 0 Å². The zero-order valence-electron chi connectivity index (χ0n) is 10.1. The maximum Gasteiger partial charge on any atom is 0.232 e. The van der Waals surface area contributed by atoms with Crippen molar-refractivity contribution in [3.63, 3.8) is 0 Å². The van der Waals surface area contributed by atoms with Gasteiger partial charge in [-0.3, -0.25) is 0 Å². The molecule has 0 bridgehead atoms. The summed E-state index contributed by atoms with van der Waals surface area (Å²) in [5, 5.41) is 16.7. The van der Waals surface area contributed by atoms with Crippen LogP contribution in [0.2, 0.25) is 0 Å². The lowest BCUT2D eigenvalue weighted by Crippen LogP contribution is -1.93. The van der Waals surface area contributed by atoms with E-state index in [4.69, 9.17) is 14.3 Å². The summed E-state index contributed by atoms with van der Waals surface area (Å²) in [6.45, 7) is 3.77. The quantitative estimate of drug-likeness (QED) is 0.816. The molecule has 0 radical (unpaired) electrons. The molecule has 7 heteroatoms. The largest absolute Gasteiger partial charge is 0.360 e. The third-order valence-electron chi connectivity index (χ3n) is 2.31. The minimum atomic E-state index is 0.323. The van der Waals surface area contributed by atoms with Gasteiger partial charge in [-0.2, -0.15) is 22.0 Å². The number of rotatable bonds is 5. The zero-order valence-corrected chi connectivity index (χ0v) is 11.0. The number of hydrogen-bond acceptors (Lipinski definition) is 7. The highest BCUT2D eigenvalue weighted by Gasteiger charge is 2.16. The van der Waals surface area contributed by atoms with E-state index < -0.39 is 0 Å². The molecule has 2 rings (SSSR count). The Balaban J connectivity index is 2.09. The molecule has 2 heterocycles. The molecular formula is C11H12N4O2S. The fourth-order valence-corrected chi connectivity index (χ4v) is 1.94. The molecule has 0 atom stereocenters. The van der Waals surface area contributed by atoms with Gasteiger partial charge in [0.05, 0.1) is 12.2 Å². The topological polar surface area (TPSA) is 88.7 Å². The summed E-state index contributed by atoms with van der Waals surface area (Å²) in [6.07, 6.45) is 0.323. The van der Waals surface area contributed by atoms with Crippen LogP contribution in [-0.2, 0) is 12.2 Å². The van der Waals surface area contributed by atoms with Crippen molar-refractivity contribution in [2.24, 2.45) is 0 Å². The van der Waals surface area contributed by atoms with Gasteiger partial charge in [-0.05, 0) is 12.7 Å². The summed E-state index contributed by atoms with van der Waals surface area (Å²) in [5.41, 5.74) is 0.978. The molecule has 18 heavy (non-hydrogen) atoms. The molecule has 0 unspecified atom stereocenters. The average Bonchev–Trinajstić information content (AvgIpc) is 2.95. The first-order valence-electron chi connectivity index (χ1n) is 5.49. The second-order valence-electron chi connectivity index (χ2n) is 3.59. The number of aromatic nitrogens is 3. The van der Waals surface area contributed by atoms with Crippen LogP contribution < -0.4 is 0 Å². The van der Waals surface area contributed by atoms with Crippen molar-refractivity contribution in [2.45, 2.75) is 26.0 Å². The van der Waals surface area contributed by atoms with E-state index in [0.717, 1.165) is 11.5 Å². The molecule has 0 aliphatic carbocycles. The normalized spacial score (nSPS) is 10.5. The van der Waals surface area contributed by atoms with Gasteiger partial charge in [0.25, 0.3) is 0 Å². The van der Waals surface area contributed by atoms with Crippen LogP contribution in [0, 0.1) is 18.3 Å². The summed E-state index contributed by atoms with van der Waals surface area (Å²) < 4.78 is 10.1. The van der Waals surface area contributed by atoms with Crippen LogP contribution >= 0.6 is 11.8 Å². The molecule has 0 fully saturated rings. The first-order valence-corrected chi connectivity index (χ1v) is 6.64. The highest BCUT2D eigenvalue weighted by atomic mass is 32.2. The van der Waals surface area contributed by atoms with Gasteiger partial charge in [-0.25, -0.2) is 0 Å². The van der Waals surface area contributed by atoms with E-state index >= 15 is 0 Å². The first kappa shape index (κ1) is 12.6. The Morgan fingerprint density at radius 1 is 1.33 bits per heavy atom. The predicted octanol–water partition coefficient (Wildman–Crippen LogP) is 2.08. The molecule has 0 saturated heterocycles. The minimum Gasteiger partial charge on any atom is -0.360 e. The SMILES string of the molecule is CCSCc1noc(Cc2noc(C)c2C#N)n1. The maximum absolute atomic E-state index is 8.97. The second-order valence-corrected chi connectivity index (χ2v) is 4.86. The van der Waals surface area contributed by atoms with Crippen molar-refractivity contribution in [2.75, 3.05) is 5.75 Å². The molecular weight excluding hydrogens is 252 g/mol. The van der Waals surface area contributed by atoms with E-state index in [2.05, 4.69) is 28.3 Å². The molecule has 2 aromatic heterocycles. The Hall–Kier alpha value is -1.81. The van der Waals surface area contributed by atoms with Crippen molar-refractivity contribution >= 4 is 11.8 Å². The molecule has 94 valence electrons. The van der Waals surface area contributed by atoms with E-state index in [1.54, 1.807) is 18.7 Å². The molecule has 0 aliphatic heterocycles. The lowest BCUT2D eigenvalue weighted by molar-refractivity contribution is 0.369. The Morgan fingerprint density at radius 2 is 2.17 bits per heavy atom. The van der Waals surface area contributed by atoms with Gasteiger partial charge in [0.15, 0.2) is 11.6 Å². The van der Waals surface area contributed by atoms with Crippen LogP contribution in [-0.4, -0.2) is 21.1 Å². The number of hydrogen-bond donors (Lipinski definition) is 0. The summed E-state index contributed by atoms with van der Waals surface area (Å²) in [4.78, 5) is 4.24. The monoisotopic (exact) mass is 264 g/mol. The lowest BCUT2D eigenvalue weighted by atomic mass is 10.2. The van der Waals surface area contributed by atoms with Crippen LogP contribution in [0.15, 0.2) is 9.05 Å². The first-order chi connectivity index (χ1) is 8.74. The minimum absolute atomic E-state index is 0.323. The molecule has 0 amide bonds. The van der Waals surface area contributed by atoms with Gasteiger partial charge in [0.1, 0.15) is 17.3 Å². The van der Waals surface area contributed by atoms with E-state index in [1.807, 2.05) is 0 Å². The molecule has 0 N–H and O–H groups in total. The Bertz CT molecular complexity index is 570. The van der Waals surface area contributed by atoms with Gasteiger partial charge in [0, 0.05) is 0 Å². The van der Waals surface area contributed by atoms with Gasteiger partial charge in [-0.1, -0.05) is 17.2 Å². The number of thioether (sulfide) groups is 1. The van der Waals surface area contributed by atoms with Crippen LogP contribution in [0.5, 0.6) is 0 Å². The van der Waals surface area contributed by atoms with Crippen molar-refractivity contribution in [3.05, 3.63) is 28.7 Å². The summed E-state index contributed by atoms with van der Waals surface area (Å²) in [6, 6.07) is 2.05. The highest BCUT2D eigenvalue weighted by Crippen LogP contribution is 2.16. The van der Waals surface area contributed by atoms with Gasteiger partial charge in [-0.15, -0.1) is 0 Å². The molecule has 0 saturated carbocycles. The Kier molecular flexibility index (Phi) is 3.99. The fraction of sp³-hybridized carbons (Fsp3) is 0.455. The molecule has 0 aliphatic rings. The Morgan fingerprint density at radius 3 is 2.89 bits per heavy atom. The summed E-state index contributed by atoms with van der Waals surface area (Å²) in [5.74, 6) is 3.35. The van der Waals surface area contributed by atoms with Crippen LogP contribution in [0.4, 0.5) is 0 Å². The van der Waals surface area contributed by atoms with Crippen molar-refractivity contribution < 1.29 is 9.05 Å². The third kappa shape index (κ3) is 2.71. The van der Waals surface area contributed by atoms with Crippen LogP contribution in [0.3, 0.4) is 0 Å². The number of nitriles is 1. The van der Waals surface area contributed by atoms with Crippen molar-refractivity contribution in [3.8, 4) is 6.07 Å². The van der Waals surface area contributed by atoms with Gasteiger partial charge < -0.3 is 9.05 Å². The molecule has 0 aromatic carbocycles. The average molecular weight is 264 g/mol.